The molecule has 0 aliphatic rings. The number of ether oxygens (including phenoxy) is 1. The van der Waals surface area contributed by atoms with Crippen LogP contribution in [0.4, 0.5) is 17.1 Å². The predicted molar refractivity (Wildman–Crippen MR) is 171 cm³/mol. The number of nitrogens with zero attached hydrogens (tertiary/aromatic N) is 1. The molecular weight excluding hydrogens is 498 g/mol. The second-order valence-corrected chi connectivity index (χ2v) is 9.69. The highest BCUT2D eigenvalue weighted by atomic mass is 16.5. The van der Waals surface area contributed by atoms with Gasteiger partial charge in [-0.2, -0.15) is 0 Å². The van der Waals surface area contributed by atoms with Crippen LogP contribution in [0, 0.1) is 6.07 Å². The SMILES string of the molecule is COc1ccc(N(c2c[c]ccc2)c2ccc(C(=C(c3ccccc3)c3ccccc3)c3ccccc3)cc2)cc1. The van der Waals surface area contributed by atoms with E-state index in [2.05, 4.69) is 144 Å². The lowest BCUT2D eigenvalue weighted by Crippen LogP contribution is -2.10. The topological polar surface area (TPSA) is 12.5 Å². The van der Waals surface area contributed by atoms with Gasteiger partial charge in [0, 0.05) is 17.1 Å². The highest BCUT2D eigenvalue weighted by Gasteiger charge is 2.18. The molecule has 0 fully saturated rings. The van der Waals surface area contributed by atoms with Gasteiger partial charge < -0.3 is 9.64 Å². The van der Waals surface area contributed by atoms with Crippen molar-refractivity contribution >= 4 is 28.2 Å². The second-order valence-electron chi connectivity index (χ2n) is 9.69. The molecule has 0 N–H and O–H groups in total. The summed E-state index contributed by atoms with van der Waals surface area (Å²) in [6.45, 7) is 0. The van der Waals surface area contributed by atoms with Crippen molar-refractivity contribution < 1.29 is 4.74 Å². The summed E-state index contributed by atoms with van der Waals surface area (Å²) in [6.07, 6.45) is 0. The van der Waals surface area contributed by atoms with Gasteiger partial charge in [0.15, 0.2) is 0 Å². The fourth-order valence-electron chi connectivity index (χ4n) is 5.20. The molecule has 2 nitrogen and oxygen atoms in total. The smallest absolute Gasteiger partial charge is 0.119 e. The molecule has 0 atom stereocenters. The first-order chi connectivity index (χ1) is 20.3. The molecule has 197 valence electrons. The van der Waals surface area contributed by atoms with Gasteiger partial charge in [-0.25, -0.2) is 0 Å². The van der Waals surface area contributed by atoms with Crippen molar-refractivity contribution in [2.45, 2.75) is 0 Å². The Morgan fingerprint density at radius 3 is 1.32 bits per heavy atom. The second kappa shape index (κ2) is 12.2. The van der Waals surface area contributed by atoms with E-state index >= 15 is 0 Å². The zero-order chi connectivity index (χ0) is 27.9. The van der Waals surface area contributed by atoms with Crippen molar-refractivity contribution in [3.8, 4) is 5.75 Å². The average Bonchev–Trinajstić information content (AvgIpc) is 3.06. The van der Waals surface area contributed by atoms with E-state index < -0.39 is 0 Å². The minimum atomic E-state index is 0.829. The Morgan fingerprint density at radius 2 is 0.902 bits per heavy atom. The van der Waals surface area contributed by atoms with Crippen LogP contribution in [0.1, 0.15) is 22.3 Å². The maximum Gasteiger partial charge on any atom is 0.119 e. The Hall–Kier alpha value is -5.34. The van der Waals surface area contributed by atoms with E-state index in [1.807, 2.05) is 30.3 Å². The van der Waals surface area contributed by atoms with Gasteiger partial charge in [0.05, 0.1) is 7.11 Å². The van der Waals surface area contributed by atoms with Crippen molar-refractivity contribution in [1.82, 2.24) is 0 Å². The van der Waals surface area contributed by atoms with Crippen LogP contribution in [0.15, 0.2) is 164 Å². The van der Waals surface area contributed by atoms with Gasteiger partial charge in [0.25, 0.3) is 0 Å². The number of benzene rings is 6. The van der Waals surface area contributed by atoms with Crippen LogP contribution in [0.5, 0.6) is 5.75 Å². The van der Waals surface area contributed by atoms with Crippen LogP contribution in [0.2, 0.25) is 0 Å². The summed E-state index contributed by atoms with van der Waals surface area (Å²) in [4.78, 5) is 2.24. The Morgan fingerprint density at radius 1 is 0.463 bits per heavy atom. The first-order valence-electron chi connectivity index (χ1n) is 13.7. The summed E-state index contributed by atoms with van der Waals surface area (Å²) >= 11 is 0. The number of hydrogen-bond acceptors (Lipinski definition) is 2. The van der Waals surface area contributed by atoms with Gasteiger partial charge in [0.2, 0.25) is 0 Å². The molecule has 0 bridgehead atoms. The minimum absolute atomic E-state index is 0.829. The molecule has 0 spiro atoms. The molecule has 0 aliphatic carbocycles. The van der Waals surface area contributed by atoms with Gasteiger partial charge in [-0.15, -0.1) is 0 Å². The lowest BCUT2D eigenvalue weighted by atomic mass is 9.86. The number of rotatable bonds is 8. The third kappa shape index (κ3) is 5.68. The van der Waals surface area contributed by atoms with Crippen LogP contribution < -0.4 is 9.64 Å². The molecule has 2 heteroatoms. The molecule has 41 heavy (non-hydrogen) atoms. The molecule has 6 aromatic carbocycles. The molecule has 1 radical (unpaired) electrons. The van der Waals surface area contributed by atoms with Crippen molar-refractivity contribution in [2.75, 3.05) is 12.0 Å². The van der Waals surface area contributed by atoms with E-state index in [1.165, 1.54) is 27.8 Å². The lowest BCUT2D eigenvalue weighted by Gasteiger charge is -2.26. The monoisotopic (exact) mass is 528 g/mol. The molecule has 6 aromatic rings. The summed E-state index contributed by atoms with van der Waals surface area (Å²) in [5.74, 6) is 0.829. The van der Waals surface area contributed by atoms with E-state index in [0.717, 1.165) is 28.4 Å². The summed E-state index contributed by atoms with van der Waals surface area (Å²) < 4.78 is 5.41. The lowest BCUT2D eigenvalue weighted by molar-refractivity contribution is 0.415. The molecule has 0 unspecified atom stereocenters. The summed E-state index contributed by atoms with van der Waals surface area (Å²) in [7, 11) is 1.69. The van der Waals surface area contributed by atoms with Gasteiger partial charge in [-0.1, -0.05) is 115 Å². The summed E-state index contributed by atoms with van der Waals surface area (Å²) in [5, 5.41) is 0. The maximum atomic E-state index is 5.41. The molecule has 0 aliphatic heterocycles. The number of hydrogen-bond donors (Lipinski definition) is 0. The zero-order valence-electron chi connectivity index (χ0n) is 22.9. The highest BCUT2D eigenvalue weighted by molar-refractivity contribution is 6.04. The standard InChI is InChI=1S/C39H30NO/c1-41-37-28-26-36(27-29-37)40(34-20-12-5-13-21-34)35-24-22-33(23-25-35)39(32-18-10-4-11-19-32)38(30-14-6-2-7-15-30)31-16-8-3-9-17-31/h2-12,14-29H,1H3. The maximum absolute atomic E-state index is 5.41. The van der Waals surface area contributed by atoms with E-state index in [1.54, 1.807) is 7.11 Å². The zero-order valence-corrected chi connectivity index (χ0v) is 22.9. The van der Waals surface area contributed by atoms with E-state index in [4.69, 9.17) is 4.74 Å². The molecule has 0 saturated carbocycles. The largest absolute Gasteiger partial charge is 0.497 e. The van der Waals surface area contributed by atoms with Crippen molar-refractivity contribution in [1.29, 1.82) is 0 Å². The molecular formula is C39H30NO. The van der Waals surface area contributed by atoms with Gasteiger partial charge >= 0.3 is 0 Å². The predicted octanol–water partition coefficient (Wildman–Crippen LogP) is 9.97. The molecule has 0 heterocycles. The fraction of sp³-hybridized carbons (Fsp3) is 0.0256. The normalized spacial score (nSPS) is 10.6. The van der Waals surface area contributed by atoms with E-state index in [9.17, 15) is 0 Å². The van der Waals surface area contributed by atoms with Crippen molar-refractivity contribution in [3.63, 3.8) is 0 Å². The number of methoxy groups -OCH3 is 1. The van der Waals surface area contributed by atoms with Crippen LogP contribution >= 0.6 is 0 Å². The fourth-order valence-corrected chi connectivity index (χ4v) is 5.20. The summed E-state index contributed by atoms with van der Waals surface area (Å²) in [6, 6.07) is 60.3. The van der Waals surface area contributed by atoms with Crippen molar-refractivity contribution in [2.24, 2.45) is 0 Å². The third-order valence-corrected chi connectivity index (χ3v) is 7.13. The van der Waals surface area contributed by atoms with Crippen molar-refractivity contribution in [3.05, 3.63) is 192 Å². The molecule has 0 amide bonds. The third-order valence-electron chi connectivity index (χ3n) is 7.13. The minimum Gasteiger partial charge on any atom is -0.497 e. The Bertz CT molecular complexity index is 1670. The summed E-state index contributed by atoms with van der Waals surface area (Å²) in [5.41, 5.74) is 10.2. The van der Waals surface area contributed by atoms with Gasteiger partial charge in [-0.05, 0) is 88.0 Å². The first kappa shape index (κ1) is 25.9. The van der Waals surface area contributed by atoms with Gasteiger partial charge in [-0.3, -0.25) is 0 Å². The first-order valence-corrected chi connectivity index (χ1v) is 13.7. The van der Waals surface area contributed by atoms with Crippen LogP contribution in [-0.2, 0) is 0 Å². The quantitative estimate of drug-likeness (QED) is 0.182. The Labute approximate surface area is 242 Å². The highest BCUT2D eigenvalue weighted by Crippen LogP contribution is 2.39. The van der Waals surface area contributed by atoms with Crippen LogP contribution in [0.25, 0.3) is 11.1 Å². The van der Waals surface area contributed by atoms with E-state index in [0.29, 0.717) is 0 Å². The van der Waals surface area contributed by atoms with Crippen LogP contribution in [-0.4, -0.2) is 7.11 Å². The molecule has 0 aromatic heterocycles. The molecule has 6 rings (SSSR count). The molecule has 0 saturated heterocycles. The van der Waals surface area contributed by atoms with Crippen LogP contribution in [0.3, 0.4) is 0 Å². The van der Waals surface area contributed by atoms with Gasteiger partial charge in [0.1, 0.15) is 5.75 Å². The van der Waals surface area contributed by atoms with E-state index in [-0.39, 0.29) is 0 Å². The Kier molecular flexibility index (Phi) is 7.73. The average molecular weight is 529 g/mol. The Balaban J connectivity index is 1.53. The number of anilines is 3.